The smallest absolute Gasteiger partial charge is 0.134 e. The number of amides is 1. The Hall–Kier alpha value is -0.918. The Balaban J connectivity index is 0.00000128. The van der Waals surface area contributed by atoms with Crippen molar-refractivity contribution in [1.82, 2.24) is 9.97 Å². The van der Waals surface area contributed by atoms with Crippen LogP contribution in [0.1, 0.15) is 38.3 Å². The average Bonchev–Trinajstić information content (AvgIpc) is 3.01. The van der Waals surface area contributed by atoms with E-state index in [1.807, 2.05) is 6.07 Å². The molecule has 0 aromatic carbocycles. The van der Waals surface area contributed by atoms with Gasteiger partial charge in [-0.1, -0.05) is 13.8 Å². The van der Waals surface area contributed by atoms with Crippen molar-refractivity contribution in [2.75, 3.05) is 5.32 Å². The van der Waals surface area contributed by atoms with Crippen LogP contribution in [0.4, 0.5) is 5.82 Å². The quantitative estimate of drug-likeness (QED) is 0.803. The number of hydrogen-bond donors (Lipinski definition) is 1. The summed E-state index contributed by atoms with van der Waals surface area (Å²) in [5, 5.41) is 2.77. The summed E-state index contributed by atoms with van der Waals surface area (Å²) >= 11 is 0. The molecule has 0 unspecified atom stereocenters. The number of hydrogen-bond acceptors (Lipinski definition) is 3. The standard InChI is InChI=1S/C11H14N3O.Re/c1-7(2)9-5-10(13-6-12-9)14-11(15)8-3-4-8;/h5-7H,3-4H2,1-2H3,(H,12,13,14,15);/q-1;. The van der Waals surface area contributed by atoms with Gasteiger partial charge in [0.25, 0.3) is 0 Å². The van der Waals surface area contributed by atoms with Gasteiger partial charge in [0.2, 0.25) is 0 Å². The fraction of sp³-hybridized carbons (Fsp3) is 0.455. The fourth-order valence-corrected chi connectivity index (χ4v) is 1.25. The SMILES string of the molecule is CC(C)c1cc(NC(=O)[C-]2CC2)ncn1.[Re]. The summed E-state index contributed by atoms with van der Waals surface area (Å²) in [6, 6.07) is 1.82. The Labute approximate surface area is 109 Å². The van der Waals surface area contributed by atoms with Crippen LogP contribution in [0.5, 0.6) is 0 Å². The number of carbonyl (C=O) groups excluding carboxylic acids is 1. The third-order valence-corrected chi connectivity index (χ3v) is 2.34. The summed E-state index contributed by atoms with van der Waals surface area (Å²) in [6.45, 7) is 4.12. The third-order valence-electron chi connectivity index (χ3n) is 2.34. The van der Waals surface area contributed by atoms with Crippen molar-refractivity contribution in [3.05, 3.63) is 24.0 Å². The molecule has 0 aliphatic heterocycles. The van der Waals surface area contributed by atoms with Gasteiger partial charge in [-0.2, -0.15) is 12.8 Å². The Bertz CT molecular complexity index is 377. The van der Waals surface area contributed by atoms with Crippen LogP contribution in [0, 0.1) is 5.92 Å². The second-order valence-corrected chi connectivity index (χ2v) is 4.04. The minimum atomic E-state index is 0. The van der Waals surface area contributed by atoms with Gasteiger partial charge in [0.1, 0.15) is 12.1 Å². The van der Waals surface area contributed by atoms with E-state index in [2.05, 4.69) is 29.1 Å². The molecule has 1 fully saturated rings. The van der Waals surface area contributed by atoms with Crippen LogP contribution < -0.4 is 5.32 Å². The molecule has 1 heterocycles. The maximum absolute atomic E-state index is 11.4. The second-order valence-electron chi connectivity index (χ2n) is 4.04. The van der Waals surface area contributed by atoms with E-state index in [1.54, 1.807) is 0 Å². The minimum absolute atomic E-state index is 0. The molecule has 2 rings (SSSR count). The van der Waals surface area contributed by atoms with Gasteiger partial charge in [0, 0.05) is 32.2 Å². The van der Waals surface area contributed by atoms with Gasteiger partial charge in [0.15, 0.2) is 0 Å². The molecule has 1 aliphatic rings. The minimum Gasteiger partial charge on any atom is -0.336 e. The molecular formula is C11H14N3ORe-. The summed E-state index contributed by atoms with van der Waals surface area (Å²) in [5.41, 5.74) is 0.945. The molecule has 1 amide bonds. The molecule has 4 nitrogen and oxygen atoms in total. The zero-order valence-electron chi connectivity index (χ0n) is 9.33. The van der Waals surface area contributed by atoms with E-state index in [0.29, 0.717) is 11.7 Å². The molecule has 0 atom stereocenters. The van der Waals surface area contributed by atoms with E-state index in [0.717, 1.165) is 24.5 Å². The van der Waals surface area contributed by atoms with Crippen molar-refractivity contribution >= 4 is 11.7 Å². The molecule has 1 radical (unpaired) electrons. The summed E-state index contributed by atoms with van der Waals surface area (Å²) in [4.78, 5) is 19.6. The molecule has 5 heteroatoms. The van der Waals surface area contributed by atoms with Gasteiger partial charge >= 0.3 is 0 Å². The zero-order chi connectivity index (χ0) is 10.8. The van der Waals surface area contributed by atoms with Crippen LogP contribution in [0.2, 0.25) is 0 Å². The number of nitrogens with one attached hydrogen (secondary N) is 1. The van der Waals surface area contributed by atoms with Crippen molar-refractivity contribution in [3.63, 3.8) is 0 Å². The molecule has 1 aromatic heterocycles. The van der Waals surface area contributed by atoms with Gasteiger partial charge in [-0.15, -0.1) is 0 Å². The van der Waals surface area contributed by atoms with Crippen LogP contribution in [0.3, 0.4) is 0 Å². The predicted molar refractivity (Wildman–Crippen MR) is 57.2 cm³/mol. The monoisotopic (exact) mass is 391 g/mol. The van der Waals surface area contributed by atoms with Crippen LogP contribution in [0.15, 0.2) is 12.4 Å². The number of anilines is 1. The third kappa shape index (κ3) is 3.29. The summed E-state index contributed by atoms with van der Waals surface area (Å²) in [7, 11) is 0. The molecule has 0 bridgehead atoms. The molecule has 0 saturated heterocycles. The van der Waals surface area contributed by atoms with Crippen LogP contribution >= 0.6 is 0 Å². The topological polar surface area (TPSA) is 54.9 Å². The Kier molecular flexibility index (Phi) is 4.46. The first-order valence-corrected chi connectivity index (χ1v) is 5.15. The summed E-state index contributed by atoms with van der Waals surface area (Å²) < 4.78 is 0. The van der Waals surface area contributed by atoms with E-state index in [4.69, 9.17) is 0 Å². The molecule has 87 valence electrons. The van der Waals surface area contributed by atoms with Gasteiger partial charge in [-0.3, -0.25) is 5.92 Å². The number of aromatic nitrogens is 2. The van der Waals surface area contributed by atoms with E-state index in [9.17, 15) is 4.79 Å². The van der Waals surface area contributed by atoms with E-state index < -0.39 is 0 Å². The van der Waals surface area contributed by atoms with Crippen molar-refractivity contribution < 1.29 is 25.2 Å². The zero-order valence-corrected chi connectivity index (χ0v) is 12.0. The summed E-state index contributed by atoms with van der Waals surface area (Å²) in [5.74, 6) is 1.90. The molecular weight excluding hydrogens is 376 g/mol. The fourth-order valence-electron chi connectivity index (χ4n) is 1.25. The number of nitrogens with zero attached hydrogens (tertiary/aromatic N) is 2. The second kappa shape index (κ2) is 5.42. The Morgan fingerprint density at radius 3 is 2.69 bits per heavy atom. The van der Waals surface area contributed by atoms with E-state index in [-0.39, 0.29) is 26.3 Å². The van der Waals surface area contributed by atoms with Gasteiger partial charge < -0.3 is 10.1 Å². The van der Waals surface area contributed by atoms with Crippen LogP contribution in [-0.2, 0) is 25.2 Å². The maximum atomic E-state index is 11.4. The molecule has 1 aliphatic carbocycles. The molecule has 1 aromatic rings. The van der Waals surface area contributed by atoms with Crippen molar-refractivity contribution in [1.29, 1.82) is 0 Å². The van der Waals surface area contributed by atoms with E-state index >= 15 is 0 Å². The molecule has 1 N–H and O–H groups in total. The van der Waals surface area contributed by atoms with E-state index in [1.165, 1.54) is 6.33 Å². The maximum Gasteiger partial charge on any atom is 0.134 e. The predicted octanol–water partition coefficient (Wildman–Crippen LogP) is 1.90. The van der Waals surface area contributed by atoms with Crippen LogP contribution in [-0.4, -0.2) is 15.9 Å². The van der Waals surface area contributed by atoms with Crippen molar-refractivity contribution in [3.8, 4) is 0 Å². The Morgan fingerprint density at radius 1 is 1.44 bits per heavy atom. The van der Waals surface area contributed by atoms with Gasteiger partial charge in [-0.05, 0) is 5.92 Å². The first-order valence-electron chi connectivity index (χ1n) is 5.15. The molecule has 16 heavy (non-hydrogen) atoms. The van der Waals surface area contributed by atoms with Crippen molar-refractivity contribution in [2.24, 2.45) is 0 Å². The summed E-state index contributed by atoms with van der Waals surface area (Å²) in [6.07, 6.45) is 3.34. The first-order chi connectivity index (χ1) is 7.16. The molecule has 0 spiro atoms. The van der Waals surface area contributed by atoms with Crippen LogP contribution in [0.25, 0.3) is 0 Å². The van der Waals surface area contributed by atoms with Gasteiger partial charge in [-0.25, -0.2) is 9.97 Å². The number of rotatable bonds is 3. The Morgan fingerprint density at radius 2 is 2.12 bits per heavy atom. The first kappa shape index (κ1) is 13.1. The largest absolute Gasteiger partial charge is 0.336 e. The average molecular weight is 390 g/mol. The van der Waals surface area contributed by atoms with Gasteiger partial charge in [0.05, 0.1) is 5.91 Å². The number of carbonyl (C=O) groups is 1. The van der Waals surface area contributed by atoms with Crippen molar-refractivity contribution in [2.45, 2.75) is 32.6 Å². The normalized spacial score (nSPS) is 13.3. The molecule has 1 saturated carbocycles.